The summed E-state index contributed by atoms with van der Waals surface area (Å²) in [5.41, 5.74) is 5.26. The lowest BCUT2D eigenvalue weighted by molar-refractivity contribution is -0.385. The van der Waals surface area contributed by atoms with Gasteiger partial charge >= 0.3 is 0 Å². The van der Waals surface area contributed by atoms with Crippen LogP contribution in [0.25, 0.3) is 0 Å². The zero-order valence-corrected chi connectivity index (χ0v) is 12.3. The molecule has 0 aliphatic carbocycles. The fourth-order valence-electron chi connectivity index (χ4n) is 1.60. The molecule has 1 rings (SSSR count). The first kappa shape index (κ1) is 16.3. The summed E-state index contributed by atoms with van der Waals surface area (Å²) in [7, 11) is -1.09. The van der Waals surface area contributed by atoms with Gasteiger partial charge in [-0.1, -0.05) is 0 Å². The summed E-state index contributed by atoms with van der Waals surface area (Å²) in [4.78, 5) is 9.78. The van der Waals surface area contributed by atoms with E-state index in [1.54, 1.807) is 6.92 Å². The van der Waals surface area contributed by atoms with Gasteiger partial charge in [0.05, 0.1) is 17.2 Å². The van der Waals surface area contributed by atoms with Crippen LogP contribution in [-0.2, 0) is 14.8 Å². The molecule has 0 aromatic heterocycles. The molecule has 0 spiro atoms. The van der Waals surface area contributed by atoms with E-state index in [4.69, 9.17) is 10.5 Å². The number of methoxy groups -OCH3 is 1. The molecule has 0 amide bonds. The Bertz CT molecular complexity index is 602. The monoisotopic (exact) mass is 303 g/mol. The summed E-state index contributed by atoms with van der Waals surface area (Å²) < 4.78 is 30.8. The Labute approximate surface area is 117 Å². The van der Waals surface area contributed by atoms with E-state index in [0.29, 0.717) is 0 Å². The van der Waals surface area contributed by atoms with Crippen molar-refractivity contribution in [3.05, 3.63) is 28.3 Å². The largest absolute Gasteiger partial charge is 0.398 e. The van der Waals surface area contributed by atoms with Gasteiger partial charge in [-0.15, -0.1) is 0 Å². The molecule has 0 radical (unpaired) electrons. The maximum absolute atomic E-state index is 12.4. The fraction of sp³-hybridized carbons (Fsp3) is 0.455. The minimum absolute atomic E-state index is 0.0351. The van der Waals surface area contributed by atoms with Gasteiger partial charge in [0, 0.05) is 32.3 Å². The van der Waals surface area contributed by atoms with Crippen molar-refractivity contribution in [2.75, 3.05) is 26.5 Å². The van der Waals surface area contributed by atoms with E-state index in [0.717, 1.165) is 16.4 Å². The third-order valence-corrected chi connectivity index (χ3v) is 4.92. The number of nitrogens with zero attached hydrogens (tertiary/aromatic N) is 2. The lowest BCUT2D eigenvalue weighted by atomic mass is 10.3. The highest BCUT2D eigenvalue weighted by Gasteiger charge is 2.28. The molecule has 0 aliphatic heterocycles. The average Bonchev–Trinajstić information content (AvgIpc) is 2.37. The molecule has 0 fully saturated rings. The number of benzene rings is 1. The molecule has 2 N–H and O–H groups in total. The van der Waals surface area contributed by atoms with Crippen LogP contribution in [-0.4, -0.2) is 44.5 Å². The van der Waals surface area contributed by atoms with E-state index < -0.39 is 21.0 Å². The Hall–Kier alpha value is -1.71. The van der Waals surface area contributed by atoms with Crippen molar-refractivity contribution in [3.63, 3.8) is 0 Å². The van der Waals surface area contributed by atoms with E-state index in [2.05, 4.69) is 0 Å². The van der Waals surface area contributed by atoms with Gasteiger partial charge in [-0.05, 0) is 13.0 Å². The van der Waals surface area contributed by atoms with Crippen molar-refractivity contribution >= 4 is 21.4 Å². The third-order valence-electron chi connectivity index (χ3n) is 2.89. The molecular formula is C11H17N3O5S. The van der Waals surface area contributed by atoms with Crippen molar-refractivity contribution in [2.24, 2.45) is 0 Å². The Morgan fingerprint density at radius 3 is 2.60 bits per heavy atom. The Kier molecular flexibility index (Phi) is 5.03. The van der Waals surface area contributed by atoms with E-state index >= 15 is 0 Å². The quantitative estimate of drug-likeness (QED) is 0.473. The number of rotatable bonds is 6. The number of nitrogen functional groups attached to an aromatic ring is 1. The molecule has 0 saturated carbocycles. The lowest BCUT2D eigenvalue weighted by Crippen LogP contribution is -2.38. The van der Waals surface area contributed by atoms with Gasteiger partial charge in [-0.3, -0.25) is 10.1 Å². The summed E-state index contributed by atoms with van der Waals surface area (Å²) in [5, 5.41) is 10.7. The standard InChI is InChI=1S/C11H17N3O5S/c1-8(7-19-3)13(2)20(17,18)11-6-9(14(15)16)4-5-10(11)12/h4-6,8H,7,12H2,1-3H3. The van der Waals surface area contributed by atoms with Gasteiger partial charge in [0.15, 0.2) is 0 Å². The summed E-state index contributed by atoms with van der Waals surface area (Å²) >= 11 is 0. The van der Waals surface area contributed by atoms with Gasteiger partial charge in [0.1, 0.15) is 4.90 Å². The summed E-state index contributed by atoms with van der Waals surface area (Å²) in [5.74, 6) is 0. The van der Waals surface area contributed by atoms with Crippen LogP contribution in [0.2, 0.25) is 0 Å². The third kappa shape index (κ3) is 3.24. The SMILES string of the molecule is COCC(C)N(C)S(=O)(=O)c1cc([N+](=O)[O-])ccc1N. The molecule has 1 aromatic rings. The van der Waals surface area contributed by atoms with Gasteiger partial charge < -0.3 is 10.5 Å². The first-order valence-corrected chi connectivity index (χ1v) is 7.16. The fourth-order valence-corrected chi connectivity index (χ4v) is 3.08. The number of hydrogen-bond acceptors (Lipinski definition) is 6. The normalized spacial score (nSPS) is 13.4. The average molecular weight is 303 g/mol. The van der Waals surface area contributed by atoms with Crippen molar-refractivity contribution < 1.29 is 18.1 Å². The van der Waals surface area contributed by atoms with E-state index in [1.807, 2.05) is 0 Å². The van der Waals surface area contributed by atoms with Gasteiger partial charge in [0.2, 0.25) is 10.0 Å². The maximum Gasteiger partial charge on any atom is 0.270 e. The highest BCUT2D eigenvalue weighted by atomic mass is 32.2. The highest BCUT2D eigenvalue weighted by molar-refractivity contribution is 7.89. The molecule has 1 aromatic carbocycles. The molecule has 20 heavy (non-hydrogen) atoms. The summed E-state index contributed by atoms with van der Waals surface area (Å²) in [6.07, 6.45) is 0. The van der Waals surface area contributed by atoms with Crippen LogP contribution in [0.4, 0.5) is 11.4 Å². The Morgan fingerprint density at radius 2 is 2.10 bits per heavy atom. The number of likely N-dealkylation sites (N-methyl/N-ethyl adjacent to an activating group) is 1. The number of nitrogens with two attached hydrogens (primary N) is 1. The van der Waals surface area contributed by atoms with Crippen molar-refractivity contribution in [2.45, 2.75) is 17.9 Å². The number of nitro benzene ring substituents is 1. The topological polar surface area (TPSA) is 116 Å². The summed E-state index contributed by atoms with van der Waals surface area (Å²) in [6, 6.07) is 2.90. The molecule has 112 valence electrons. The van der Waals surface area contributed by atoms with E-state index in [-0.39, 0.29) is 22.9 Å². The number of sulfonamides is 1. The maximum atomic E-state index is 12.4. The van der Waals surface area contributed by atoms with Crippen LogP contribution >= 0.6 is 0 Å². The van der Waals surface area contributed by atoms with Crippen molar-refractivity contribution in [1.29, 1.82) is 0 Å². The lowest BCUT2D eigenvalue weighted by Gasteiger charge is -2.24. The Morgan fingerprint density at radius 1 is 1.50 bits per heavy atom. The molecule has 0 saturated heterocycles. The highest BCUT2D eigenvalue weighted by Crippen LogP contribution is 2.27. The first-order chi connectivity index (χ1) is 9.21. The van der Waals surface area contributed by atoms with Gasteiger partial charge in [-0.25, -0.2) is 8.42 Å². The van der Waals surface area contributed by atoms with Crippen LogP contribution in [0.15, 0.2) is 23.1 Å². The molecule has 0 heterocycles. The smallest absolute Gasteiger partial charge is 0.270 e. The number of anilines is 1. The van der Waals surface area contributed by atoms with Gasteiger partial charge in [0.25, 0.3) is 5.69 Å². The number of nitro groups is 1. The molecule has 8 nitrogen and oxygen atoms in total. The van der Waals surface area contributed by atoms with Crippen LogP contribution in [0.3, 0.4) is 0 Å². The zero-order valence-electron chi connectivity index (χ0n) is 11.4. The first-order valence-electron chi connectivity index (χ1n) is 5.72. The van der Waals surface area contributed by atoms with Crippen LogP contribution in [0.5, 0.6) is 0 Å². The van der Waals surface area contributed by atoms with Crippen molar-refractivity contribution in [1.82, 2.24) is 4.31 Å². The predicted octanol–water partition coefficient (Wildman–Crippen LogP) is 0.832. The zero-order chi connectivity index (χ0) is 15.5. The predicted molar refractivity (Wildman–Crippen MR) is 73.8 cm³/mol. The minimum atomic E-state index is -3.92. The van der Waals surface area contributed by atoms with Crippen LogP contribution < -0.4 is 5.73 Å². The molecule has 1 atom stereocenters. The molecule has 9 heteroatoms. The van der Waals surface area contributed by atoms with Crippen LogP contribution in [0.1, 0.15) is 6.92 Å². The molecule has 0 bridgehead atoms. The molecule has 1 unspecified atom stereocenters. The second-order valence-electron chi connectivity index (χ2n) is 4.30. The van der Waals surface area contributed by atoms with Crippen LogP contribution in [0, 0.1) is 10.1 Å². The van der Waals surface area contributed by atoms with E-state index in [9.17, 15) is 18.5 Å². The minimum Gasteiger partial charge on any atom is -0.398 e. The second kappa shape index (κ2) is 6.16. The molecule has 0 aliphatic rings. The molecular weight excluding hydrogens is 286 g/mol. The Balaban J connectivity index is 3.27. The van der Waals surface area contributed by atoms with E-state index in [1.165, 1.54) is 20.2 Å². The van der Waals surface area contributed by atoms with Gasteiger partial charge in [-0.2, -0.15) is 4.31 Å². The number of hydrogen-bond donors (Lipinski definition) is 1. The van der Waals surface area contributed by atoms with Crippen molar-refractivity contribution in [3.8, 4) is 0 Å². The summed E-state index contributed by atoms with van der Waals surface area (Å²) in [6.45, 7) is 1.86. The number of ether oxygens (including phenoxy) is 1. The second-order valence-corrected chi connectivity index (χ2v) is 6.27. The number of non-ortho nitro benzene ring substituents is 1.